The molecule has 0 bridgehead atoms. The van der Waals surface area contributed by atoms with Gasteiger partial charge in [0.05, 0.1) is 11.1 Å². The Balaban J connectivity index is 1.00. The zero-order valence-electron chi connectivity index (χ0n) is 33.1. The van der Waals surface area contributed by atoms with Crippen molar-refractivity contribution in [2.45, 2.75) is 5.41 Å². The monoisotopic (exact) mass is 763 g/mol. The summed E-state index contributed by atoms with van der Waals surface area (Å²) in [5, 5.41) is 2.51. The Labute approximate surface area is 352 Å². The van der Waals surface area contributed by atoms with Crippen LogP contribution < -0.4 is 4.90 Å². The number of hydrogen-bond donors (Lipinski definition) is 0. The van der Waals surface area contributed by atoms with Crippen molar-refractivity contribution in [1.29, 1.82) is 0 Å². The van der Waals surface area contributed by atoms with Crippen LogP contribution in [0.1, 0.15) is 22.3 Å². The molecule has 0 aliphatic heterocycles. The number of hydrogen-bond acceptors (Lipinski definition) is 1. The molecular formula is C59H41N. The van der Waals surface area contributed by atoms with Gasteiger partial charge in [-0.15, -0.1) is 0 Å². The number of fused-ring (bicyclic) bond motifs is 4. The van der Waals surface area contributed by atoms with Gasteiger partial charge in [0.25, 0.3) is 0 Å². The zero-order valence-corrected chi connectivity index (χ0v) is 33.1. The van der Waals surface area contributed by atoms with E-state index in [1.807, 2.05) is 0 Å². The van der Waals surface area contributed by atoms with Crippen molar-refractivity contribution < 1.29 is 0 Å². The van der Waals surface area contributed by atoms with Crippen LogP contribution in [0.25, 0.3) is 55.3 Å². The molecule has 1 heteroatoms. The van der Waals surface area contributed by atoms with Crippen LogP contribution in [0.3, 0.4) is 0 Å². The summed E-state index contributed by atoms with van der Waals surface area (Å²) in [7, 11) is 0. The first-order chi connectivity index (χ1) is 29.8. The Morgan fingerprint density at radius 3 is 1.40 bits per heavy atom. The van der Waals surface area contributed by atoms with E-state index in [1.165, 1.54) is 77.5 Å². The van der Waals surface area contributed by atoms with E-state index in [9.17, 15) is 0 Å². The maximum atomic E-state index is 2.43. The molecule has 0 saturated heterocycles. The lowest BCUT2D eigenvalue weighted by atomic mass is 9.68. The minimum absolute atomic E-state index is 0.476. The molecule has 0 N–H and O–H groups in total. The van der Waals surface area contributed by atoms with Crippen LogP contribution in [0.15, 0.2) is 249 Å². The van der Waals surface area contributed by atoms with Crippen LogP contribution >= 0.6 is 0 Å². The van der Waals surface area contributed by atoms with Crippen LogP contribution in [0.5, 0.6) is 0 Å². The molecule has 282 valence electrons. The molecule has 11 rings (SSSR count). The highest BCUT2D eigenvalue weighted by molar-refractivity contribution is 5.97. The number of benzene rings is 10. The van der Waals surface area contributed by atoms with Crippen LogP contribution in [0.4, 0.5) is 17.1 Å². The lowest BCUT2D eigenvalue weighted by Crippen LogP contribution is -2.28. The van der Waals surface area contributed by atoms with Gasteiger partial charge in [-0.05, 0) is 121 Å². The molecular weight excluding hydrogens is 723 g/mol. The van der Waals surface area contributed by atoms with E-state index in [-0.39, 0.29) is 0 Å². The first kappa shape index (κ1) is 35.4. The minimum Gasteiger partial charge on any atom is -0.310 e. The molecule has 10 aromatic carbocycles. The fourth-order valence-electron chi connectivity index (χ4n) is 9.59. The van der Waals surface area contributed by atoms with Crippen LogP contribution in [-0.2, 0) is 5.41 Å². The molecule has 10 aromatic rings. The first-order valence-electron chi connectivity index (χ1n) is 20.8. The summed E-state index contributed by atoms with van der Waals surface area (Å²) in [6, 6.07) is 90.9. The lowest BCUT2D eigenvalue weighted by molar-refractivity contribution is 0.768. The van der Waals surface area contributed by atoms with E-state index in [1.54, 1.807) is 0 Å². The molecule has 1 nitrogen and oxygen atoms in total. The number of nitrogens with zero attached hydrogens (tertiary/aromatic N) is 1. The van der Waals surface area contributed by atoms with Crippen molar-refractivity contribution in [3.8, 4) is 44.5 Å². The van der Waals surface area contributed by atoms with Gasteiger partial charge in [0.1, 0.15) is 0 Å². The second-order valence-corrected chi connectivity index (χ2v) is 15.7. The number of rotatable bonds is 8. The Morgan fingerprint density at radius 2 is 0.750 bits per heavy atom. The van der Waals surface area contributed by atoms with Gasteiger partial charge >= 0.3 is 0 Å². The summed E-state index contributed by atoms with van der Waals surface area (Å²) in [5.74, 6) is 0. The predicted octanol–water partition coefficient (Wildman–Crippen LogP) is 15.7. The van der Waals surface area contributed by atoms with E-state index in [0.29, 0.717) is 0 Å². The van der Waals surface area contributed by atoms with Crippen molar-refractivity contribution >= 4 is 27.8 Å². The third kappa shape index (κ3) is 5.94. The molecule has 0 saturated carbocycles. The van der Waals surface area contributed by atoms with Gasteiger partial charge in [-0.1, -0.05) is 200 Å². The SMILES string of the molecule is c1ccc(N(c2ccc(-c3cccc(-c4cccc(-c5ccc6ccccc6c5)c4)c3)cc2)c2cccc3c2-c2ccccc2C3(c2ccccc2)c2ccccc2)cc1. The molecule has 60 heavy (non-hydrogen) atoms. The average molecular weight is 764 g/mol. The summed E-state index contributed by atoms with van der Waals surface area (Å²) in [4.78, 5) is 2.43. The number of para-hydroxylation sites is 1. The van der Waals surface area contributed by atoms with E-state index in [2.05, 4.69) is 254 Å². The highest BCUT2D eigenvalue weighted by Crippen LogP contribution is 2.59. The van der Waals surface area contributed by atoms with Gasteiger partial charge in [-0.3, -0.25) is 0 Å². The van der Waals surface area contributed by atoms with Gasteiger partial charge in [0.2, 0.25) is 0 Å². The Bertz CT molecular complexity index is 3090. The lowest BCUT2D eigenvalue weighted by Gasteiger charge is -2.34. The smallest absolute Gasteiger partial charge is 0.0714 e. The largest absolute Gasteiger partial charge is 0.310 e. The molecule has 0 atom stereocenters. The molecule has 1 aliphatic rings. The Morgan fingerprint density at radius 1 is 0.283 bits per heavy atom. The fourth-order valence-corrected chi connectivity index (χ4v) is 9.59. The van der Waals surface area contributed by atoms with Crippen molar-refractivity contribution in [2.24, 2.45) is 0 Å². The van der Waals surface area contributed by atoms with Gasteiger partial charge in [0, 0.05) is 16.9 Å². The summed E-state index contributed by atoms with van der Waals surface area (Å²) in [5.41, 5.74) is 17.7. The van der Waals surface area contributed by atoms with E-state index in [0.717, 1.165) is 17.1 Å². The normalized spacial score (nSPS) is 12.5. The maximum Gasteiger partial charge on any atom is 0.0714 e. The molecule has 0 spiro atoms. The van der Waals surface area contributed by atoms with Gasteiger partial charge in [-0.2, -0.15) is 0 Å². The minimum atomic E-state index is -0.476. The van der Waals surface area contributed by atoms with Gasteiger partial charge in [0.15, 0.2) is 0 Å². The highest BCUT2D eigenvalue weighted by Gasteiger charge is 2.47. The molecule has 1 aliphatic carbocycles. The van der Waals surface area contributed by atoms with Crippen LogP contribution in [-0.4, -0.2) is 0 Å². The second-order valence-electron chi connectivity index (χ2n) is 15.7. The highest BCUT2D eigenvalue weighted by atomic mass is 15.1. The van der Waals surface area contributed by atoms with Crippen molar-refractivity contribution in [3.63, 3.8) is 0 Å². The number of anilines is 3. The predicted molar refractivity (Wildman–Crippen MR) is 252 cm³/mol. The van der Waals surface area contributed by atoms with Gasteiger partial charge in [-0.25, -0.2) is 0 Å². The summed E-state index contributed by atoms with van der Waals surface area (Å²) in [6.45, 7) is 0. The molecule has 0 aromatic heterocycles. The summed E-state index contributed by atoms with van der Waals surface area (Å²) >= 11 is 0. The molecule has 0 amide bonds. The summed E-state index contributed by atoms with van der Waals surface area (Å²) in [6.07, 6.45) is 0. The van der Waals surface area contributed by atoms with Crippen molar-refractivity contribution in [2.75, 3.05) is 4.90 Å². The van der Waals surface area contributed by atoms with E-state index >= 15 is 0 Å². The van der Waals surface area contributed by atoms with Crippen LogP contribution in [0.2, 0.25) is 0 Å². The second kappa shape index (κ2) is 14.9. The first-order valence-corrected chi connectivity index (χ1v) is 20.8. The van der Waals surface area contributed by atoms with Crippen LogP contribution in [0, 0.1) is 0 Å². The zero-order chi connectivity index (χ0) is 39.9. The average Bonchev–Trinajstić information content (AvgIpc) is 3.64. The van der Waals surface area contributed by atoms with E-state index < -0.39 is 5.41 Å². The molecule has 0 radical (unpaired) electrons. The third-order valence-corrected chi connectivity index (χ3v) is 12.3. The third-order valence-electron chi connectivity index (χ3n) is 12.3. The molecule has 0 unspecified atom stereocenters. The van der Waals surface area contributed by atoms with E-state index in [4.69, 9.17) is 0 Å². The van der Waals surface area contributed by atoms with Crippen molar-refractivity contribution in [3.05, 3.63) is 271 Å². The molecule has 0 fully saturated rings. The summed E-state index contributed by atoms with van der Waals surface area (Å²) < 4.78 is 0. The fraction of sp³-hybridized carbons (Fsp3) is 0.0169. The molecule has 0 heterocycles. The Hall–Kier alpha value is -7.74. The Kier molecular flexibility index (Phi) is 8.79. The topological polar surface area (TPSA) is 3.24 Å². The standard InChI is InChI=1S/C59H41N/c1-4-23-50(24-5-1)59(51-25-6-2-7-26-51)55-30-13-12-29-54(55)58-56(59)31-16-32-57(58)60(52-27-8-3-9-28-52)53-37-35-43(36-38-53)45-19-14-20-46(39-45)47-21-15-22-48(41-47)49-34-33-42-17-10-11-18-44(42)40-49/h1-41H. The quantitative estimate of drug-likeness (QED) is 0.149. The maximum absolute atomic E-state index is 2.43. The van der Waals surface area contributed by atoms with Crippen molar-refractivity contribution in [1.82, 2.24) is 0 Å². The van der Waals surface area contributed by atoms with Gasteiger partial charge < -0.3 is 4.90 Å².